The molecule has 1 heterocycles. The average Bonchev–Trinajstić information content (AvgIpc) is 2.39. The molecule has 0 spiro atoms. The molecule has 0 fully saturated rings. The summed E-state index contributed by atoms with van der Waals surface area (Å²) in [6, 6.07) is 8.97. The Kier molecular flexibility index (Phi) is 4.25. The lowest BCUT2D eigenvalue weighted by Crippen LogP contribution is -2.05. The minimum Gasteiger partial charge on any atom is -0.379 e. The number of pyridine rings is 1. The number of nitrogens with two attached hydrogens (primary N) is 1. The number of hydrogen-bond donors (Lipinski definition) is 2. The van der Waals surface area contributed by atoms with Gasteiger partial charge in [-0.15, -0.1) is 0 Å². The summed E-state index contributed by atoms with van der Waals surface area (Å²) in [7, 11) is 0. The second-order valence-electron chi connectivity index (χ2n) is 4.06. The zero-order valence-electron chi connectivity index (χ0n) is 10.1. The third-order valence-corrected chi connectivity index (χ3v) is 2.70. The predicted molar refractivity (Wildman–Crippen MR) is 70.7 cm³/mol. The molecule has 0 radical (unpaired) electrons. The number of anilines is 1. The van der Waals surface area contributed by atoms with Crippen LogP contribution in [0.1, 0.15) is 11.1 Å². The third-order valence-electron chi connectivity index (χ3n) is 2.70. The Balaban J connectivity index is 2.01. The molecule has 0 saturated carbocycles. The van der Waals surface area contributed by atoms with Gasteiger partial charge in [-0.1, -0.05) is 6.07 Å². The highest BCUT2D eigenvalue weighted by Gasteiger charge is 2.03. The monoisotopic (exact) mass is 245 g/mol. The lowest BCUT2D eigenvalue weighted by molar-refractivity contribution is 0.627. The molecule has 94 valence electrons. The summed E-state index contributed by atoms with van der Waals surface area (Å²) >= 11 is 0. The fourth-order valence-electron chi connectivity index (χ4n) is 1.72. The van der Waals surface area contributed by atoms with E-state index in [2.05, 4.69) is 10.3 Å². The van der Waals surface area contributed by atoms with Crippen molar-refractivity contribution in [2.24, 2.45) is 5.73 Å². The average molecular weight is 245 g/mol. The standard InChI is InChI=1S/C14H16FN3/c15-13-9-11(3-6-16)1-2-14(13)18-10-12-4-7-17-8-5-12/h1-2,4-5,7-9,18H,3,6,10,16H2. The number of hydrogen-bond acceptors (Lipinski definition) is 3. The minimum absolute atomic E-state index is 0.241. The fraction of sp³-hybridized carbons (Fsp3) is 0.214. The quantitative estimate of drug-likeness (QED) is 0.850. The summed E-state index contributed by atoms with van der Waals surface area (Å²) in [5, 5.41) is 3.06. The van der Waals surface area contributed by atoms with E-state index in [1.807, 2.05) is 18.2 Å². The number of halogens is 1. The van der Waals surface area contributed by atoms with Crippen LogP contribution in [0.3, 0.4) is 0 Å². The van der Waals surface area contributed by atoms with Gasteiger partial charge in [-0.2, -0.15) is 0 Å². The Bertz CT molecular complexity index is 500. The summed E-state index contributed by atoms with van der Waals surface area (Å²) in [5.41, 5.74) is 7.93. The molecular formula is C14H16FN3. The first-order chi connectivity index (χ1) is 8.79. The Morgan fingerprint density at radius 2 is 1.89 bits per heavy atom. The molecule has 0 saturated heterocycles. The highest BCUT2D eigenvalue weighted by atomic mass is 19.1. The second-order valence-corrected chi connectivity index (χ2v) is 4.06. The molecule has 1 aromatic heterocycles. The Morgan fingerprint density at radius 1 is 1.11 bits per heavy atom. The lowest BCUT2D eigenvalue weighted by Gasteiger charge is -2.09. The van der Waals surface area contributed by atoms with Crippen LogP contribution in [0.15, 0.2) is 42.7 Å². The summed E-state index contributed by atoms with van der Waals surface area (Å²) in [6.07, 6.45) is 4.14. The van der Waals surface area contributed by atoms with Gasteiger partial charge in [0.05, 0.1) is 5.69 Å². The van der Waals surface area contributed by atoms with Crippen LogP contribution in [0.4, 0.5) is 10.1 Å². The first-order valence-electron chi connectivity index (χ1n) is 5.91. The zero-order valence-corrected chi connectivity index (χ0v) is 10.1. The van der Waals surface area contributed by atoms with Gasteiger partial charge < -0.3 is 11.1 Å². The Labute approximate surface area is 106 Å². The second kappa shape index (κ2) is 6.12. The van der Waals surface area contributed by atoms with Crippen LogP contribution < -0.4 is 11.1 Å². The van der Waals surface area contributed by atoms with Crippen molar-refractivity contribution in [3.8, 4) is 0 Å². The van der Waals surface area contributed by atoms with E-state index in [9.17, 15) is 4.39 Å². The molecule has 0 aliphatic heterocycles. The molecule has 2 rings (SSSR count). The maximum Gasteiger partial charge on any atom is 0.146 e. The van der Waals surface area contributed by atoms with Gasteiger partial charge in [0.15, 0.2) is 0 Å². The summed E-state index contributed by atoms with van der Waals surface area (Å²) in [4.78, 5) is 3.94. The van der Waals surface area contributed by atoms with E-state index >= 15 is 0 Å². The number of aromatic nitrogens is 1. The number of nitrogens with zero attached hydrogens (tertiary/aromatic N) is 1. The van der Waals surface area contributed by atoms with Gasteiger partial charge in [0.1, 0.15) is 5.82 Å². The van der Waals surface area contributed by atoms with Crippen molar-refractivity contribution in [3.05, 3.63) is 59.7 Å². The van der Waals surface area contributed by atoms with Gasteiger partial charge in [-0.3, -0.25) is 4.98 Å². The smallest absolute Gasteiger partial charge is 0.146 e. The molecule has 2 aromatic rings. The van der Waals surface area contributed by atoms with Crippen molar-refractivity contribution < 1.29 is 4.39 Å². The van der Waals surface area contributed by atoms with Crippen molar-refractivity contribution in [2.75, 3.05) is 11.9 Å². The summed E-state index contributed by atoms with van der Waals surface area (Å²) in [5.74, 6) is -0.241. The molecule has 0 unspecified atom stereocenters. The number of rotatable bonds is 5. The van der Waals surface area contributed by atoms with Gasteiger partial charge in [-0.05, 0) is 48.4 Å². The van der Waals surface area contributed by atoms with Crippen molar-refractivity contribution >= 4 is 5.69 Å². The SMILES string of the molecule is NCCc1ccc(NCc2ccncc2)c(F)c1. The molecule has 4 heteroatoms. The molecule has 0 amide bonds. The van der Waals surface area contributed by atoms with E-state index in [-0.39, 0.29) is 5.82 Å². The molecule has 0 atom stereocenters. The van der Waals surface area contributed by atoms with Gasteiger partial charge in [0, 0.05) is 18.9 Å². The maximum absolute atomic E-state index is 13.8. The van der Waals surface area contributed by atoms with Crippen LogP contribution in [0.2, 0.25) is 0 Å². The van der Waals surface area contributed by atoms with E-state index in [1.54, 1.807) is 18.5 Å². The van der Waals surface area contributed by atoms with E-state index < -0.39 is 0 Å². The first-order valence-corrected chi connectivity index (χ1v) is 5.91. The third kappa shape index (κ3) is 3.28. The van der Waals surface area contributed by atoms with Crippen LogP contribution in [-0.4, -0.2) is 11.5 Å². The molecule has 0 aliphatic rings. The predicted octanol–water partition coefficient (Wildman–Crippen LogP) is 2.33. The molecule has 0 bridgehead atoms. The Hall–Kier alpha value is -1.94. The van der Waals surface area contributed by atoms with Crippen LogP contribution >= 0.6 is 0 Å². The molecule has 3 N–H and O–H groups in total. The summed E-state index contributed by atoms with van der Waals surface area (Å²) in [6.45, 7) is 1.11. The molecule has 1 aromatic carbocycles. The lowest BCUT2D eigenvalue weighted by atomic mass is 10.1. The maximum atomic E-state index is 13.8. The van der Waals surface area contributed by atoms with Gasteiger partial charge >= 0.3 is 0 Å². The van der Waals surface area contributed by atoms with Crippen LogP contribution in [0, 0.1) is 5.82 Å². The van der Waals surface area contributed by atoms with E-state index in [0.29, 0.717) is 25.2 Å². The highest BCUT2D eigenvalue weighted by molar-refractivity contribution is 5.46. The molecule has 3 nitrogen and oxygen atoms in total. The van der Waals surface area contributed by atoms with Crippen molar-refractivity contribution in [1.29, 1.82) is 0 Å². The number of benzene rings is 1. The van der Waals surface area contributed by atoms with Gasteiger partial charge in [0.25, 0.3) is 0 Å². The minimum atomic E-state index is -0.241. The number of nitrogens with one attached hydrogen (secondary N) is 1. The molecule has 0 aliphatic carbocycles. The highest BCUT2D eigenvalue weighted by Crippen LogP contribution is 2.16. The molecule has 18 heavy (non-hydrogen) atoms. The summed E-state index contributed by atoms with van der Waals surface area (Å²) < 4.78 is 13.8. The fourth-order valence-corrected chi connectivity index (χ4v) is 1.72. The van der Waals surface area contributed by atoms with Gasteiger partial charge in [-0.25, -0.2) is 4.39 Å². The first kappa shape index (κ1) is 12.5. The van der Waals surface area contributed by atoms with Crippen molar-refractivity contribution in [2.45, 2.75) is 13.0 Å². The topological polar surface area (TPSA) is 50.9 Å². The Morgan fingerprint density at radius 3 is 2.56 bits per heavy atom. The van der Waals surface area contributed by atoms with Gasteiger partial charge in [0.2, 0.25) is 0 Å². The molecular weight excluding hydrogens is 229 g/mol. The van der Waals surface area contributed by atoms with Crippen molar-refractivity contribution in [3.63, 3.8) is 0 Å². The van der Waals surface area contributed by atoms with Crippen LogP contribution in [0.5, 0.6) is 0 Å². The van der Waals surface area contributed by atoms with Crippen molar-refractivity contribution in [1.82, 2.24) is 4.98 Å². The normalized spacial score (nSPS) is 10.3. The van der Waals surface area contributed by atoms with E-state index in [4.69, 9.17) is 5.73 Å². The largest absolute Gasteiger partial charge is 0.379 e. The van der Waals surface area contributed by atoms with E-state index in [1.165, 1.54) is 6.07 Å². The zero-order chi connectivity index (χ0) is 12.8. The van der Waals surface area contributed by atoms with Crippen LogP contribution in [-0.2, 0) is 13.0 Å². The van der Waals surface area contributed by atoms with Crippen LogP contribution in [0.25, 0.3) is 0 Å². The van der Waals surface area contributed by atoms with E-state index in [0.717, 1.165) is 11.1 Å².